The maximum absolute atomic E-state index is 13.5. The molecule has 4 aromatic rings. The molecule has 1 amide bonds. The minimum absolute atomic E-state index is 0.0207. The smallest absolute Gasteiger partial charge is 0.261 e. The Morgan fingerprint density at radius 2 is 1.76 bits per heavy atom. The molecule has 1 atom stereocenters. The van der Waals surface area contributed by atoms with Crippen LogP contribution in [0.3, 0.4) is 0 Å². The second-order valence-corrected chi connectivity index (χ2v) is 8.13. The number of aryl methyl sites for hydroxylation is 1. The SMILES string of the molecule is CCN(C(=O)COc1cccc(C)c1C)C(c1ccc(OC)cc1)c1c[nH]c2ccccc12. The Hall–Kier alpha value is -3.73. The van der Waals surface area contributed by atoms with Crippen LogP contribution in [0.25, 0.3) is 10.9 Å². The van der Waals surface area contributed by atoms with E-state index >= 15 is 0 Å². The highest BCUT2D eigenvalue weighted by Crippen LogP contribution is 2.34. The molecule has 3 aromatic carbocycles. The molecule has 0 fully saturated rings. The Kier molecular flexibility index (Phi) is 6.68. The number of hydrogen-bond acceptors (Lipinski definition) is 3. The molecule has 170 valence electrons. The first kappa shape index (κ1) is 22.5. The van der Waals surface area contributed by atoms with Crippen molar-refractivity contribution >= 4 is 16.8 Å². The van der Waals surface area contributed by atoms with Crippen molar-refractivity contribution in [2.45, 2.75) is 26.8 Å². The zero-order chi connectivity index (χ0) is 23.4. The number of ether oxygens (including phenoxy) is 2. The Bertz CT molecular complexity index is 1240. The van der Waals surface area contributed by atoms with Crippen LogP contribution in [0.4, 0.5) is 0 Å². The predicted molar refractivity (Wildman–Crippen MR) is 132 cm³/mol. The number of aromatic nitrogens is 1. The van der Waals surface area contributed by atoms with E-state index in [1.165, 1.54) is 0 Å². The number of amides is 1. The number of H-pyrrole nitrogens is 1. The number of benzene rings is 3. The number of aromatic amines is 1. The normalized spacial score (nSPS) is 11.9. The van der Waals surface area contributed by atoms with Crippen LogP contribution in [0.1, 0.15) is 35.2 Å². The molecule has 0 saturated carbocycles. The van der Waals surface area contributed by atoms with Crippen LogP contribution in [-0.4, -0.2) is 36.1 Å². The van der Waals surface area contributed by atoms with Crippen LogP contribution < -0.4 is 9.47 Å². The van der Waals surface area contributed by atoms with Crippen molar-refractivity contribution < 1.29 is 14.3 Å². The van der Waals surface area contributed by atoms with Gasteiger partial charge in [0.2, 0.25) is 0 Å². The summed E-state index contributed by atoms with van der Waals surface area (Å²) < 4.78 is 11.3. The van der Waals surface area contributed by atoms with Crippen LogP contribution in [0, 0.1) is 13.8 Å². The van der Waals surface area contributed by atoms with E-state index in [1.807, 2.05) is 92.5 Å². The quantitative estimate of drug-likeness (QED) is 0.375. The van der Waals surface area contributed by atoms with E-state index in [9.17, 15) is 4.79 Å². The topological polar surface area (TPSA) is 54.6 Å². The number of para-hydroxylation sites is 1. The highest BCUT2D eigenvalue weighted by atomic mass is 16.5. The highest BCUT2D eigenvalue weighted by Gasteiger charge is 2.28. The summed E-state index contributed by atoms with van der Waals surface area (Å²) in [4.78, 5) is 18.7. The fraction of sp³-hybridized carbons (Fsp3) is 0.250. The number of fused-ring (bicyclic) bond motifs is 1. The molecule has 1 N–H and O–H groups in total. The summed E-state index contributed by atoms with van der Waals surface area (Å²) in [7, 11) is 1.65. The lowest BCUT2D eigenvalue weighted by molar-refractivity contribution is -0.134. The maximum atomic E-state index is 13.5. The fourth-order valence-corrected chi connectivity index (χ4v) is 4.24. The van der Waals surface area contributed by atoms with Crippen molar-refractivity contribution in [2.75, 3.05) is 20.3 Å². The Balaban J connectivity index is 1.69. The maximum Gasteiger partial charge on any atom is 0.261 e. The Labute approximate surface area is 195 Å². The first-order chi connectivity index (χ1) is 16.0. The highest BCUT2D eigenvalue weighted by molar-refractivity contribution is 5.86. The number of hydrogen-bond donors (Lipinski definition) is 1. The Morgan fingerprint density at radius 3 is 2.48 bits per heavy atom. The molecule has 0 radical (unpaired) electrons. The largest absolute Gasteiger partial charge is 0.497 e. The van der Waals surface area contributed by atoms with Crippen LogP contribution in [-0.2, 0) is 4.79 Å². The van der Waals surface area contributed by atoms with Crippen molar-refractivity contribution in [3.8, 4) is 11.5 Å². The van der Waals surface area contributed by atoms with Gasteiger partial charge < -0.3 is 19.4 Å². The fourth-order valence-electron chi connectivity index (χ4n) is 4.24. The Morgan fingerprint density at radius 1 is 1.00 bits per heavy atom. The number of carbonyl (C=O) groups excluding carboxylic acids is 1. The molecular weight excluding hydrogens is 412 g/mol. The molecule has 5 heteroatoms. The first-order valence-corrected chi connectivity index (χ1v) is 11.2. The van der Waals surface area contributed by atoms with Crippen LogP contribution >= 0.6 is 0 Å². The molecular formula is C28H30N2O3. The van der Waals surface area contributed by atoms with Gasteiger partial charge in [-0.15, -0.1) is 0 Å². The van der Waals surface area contributed by atoms with E-state index in [0.29, 0.717) is 6.54 Å². The van der Waals surface area contributed by atoms with E-state index in [-0.39, 0.29) is 18.6 Å². The number of likely N-dealkylation sites (N-methyl/N-ethyl adjacent to an activating group) is 1. The van der Waals surface area contributed by atoms with E-state index in [1.54, 1.807) is 7.11 Å². The van der Waals surface area contributed by atoms with E-state index in [0.717, 1.165) is 44.7 Å². The standard InChI is InChI=1S/C28H30N2O3/c1-5-30(27(31)18-33-26-12-8-9-19(2)20(26)3)28(21-13-15-22(32-4)16-14-21)24-17-29-25-11-7-6-10-23(24)25/h6-17,28-29H,5,18H2,1-4H3. The molecule has 0 aliphatic rings. The minimum atomic E-state index is -0.258. The van der Waals surface area contributed by atoms with Gasteiger partial charge in [0, 0.05) is 29.2 Å². The third-order valence-corrected chi connectivity index (χ3v) is 6.23. The molecule has 1 unspecified atom stereocenters. The molecule has 0 saturated heterocycles. The molecule has 5 nitrogen and oxygen atoms in total. The number of nitrogens with zero attached hydrogens (tertiary/aromatic N) is 1. The molecule has 0 bridgehead atoms. The molecule has 0 spiro atoms. The van der Waals surface area contributed by atoms with Gasteiger partial charge in [-0.05, 0) is 61.7 Å². The number of methoxy groups -OCH3 is 1. The average molecular weight is 443 g/mol. The number of nitrogens with one attached hydrogen (secondary N) is 1. The lowest BCUT2D eigenvalue weighted by Gasteiger charge is -2.31. The van der Waals surface area contributed by atoms with Gasteiger partial charge in [-0.25, -0.2) is 0 Å². The van der Waals surface area contributed by atoms with Crippen molar-refractivity contribution in [3.63, 3.8) is 0 Å². The summed E-state index contributed by atoms with van der Waals surface area (Å²) in [5.74, 6) is 1.46. The van der Waals surface area contributed by atoms with Crippen LogP contribution in [0.15, 0.2) is 72.9 Å². The number of carbonyl (C=O) groups is 1. The first-order valence-electron chi connectivity index (χ1n) is 11.2. The van der Waals surface area contributed by atoms with Crippen molar-refractivity contribution in [1.29, 1.82) is 0 Å². The molecule has 4 rings (SSSR count). The van der Waals surface area contributed by atoms with Gasteiger partial charge in [0.15, 0.2) is 6.61 Å². The van der Waals surface area contributed by atoms with Crippen molar-refractivity contribution in [3.05, 3.63) is 95.2 Å². The molecule has 1 heterocycles. The number of rotatable bonds is 8. The summed E-state index contributed by atoms with van der Waals surface area (Å²) in [6.07, 6.45) is 2.00. The van der Waals surface area contributed by atoms with E-state index < -0.39 is 0 Å². The van der Waals surface area contributed by atoms with Gasteiger partial charge in [-0.3, -0.25) is 4.79 Å². The summed E-state index contributed by atoms with van der Waals surface area (Å²) >= 11 is 0. The zero-order valence-corrected chi connectivity index (χ0v) is 19.6. The molecule has 1 aromatic heterocycles. The lowest BCUT2D eigenvalue weighted by atomic mass is 9.96. The van der Waals surface area contributed by atoms with Crippen molar-refractivity contribution in [1.82, 2.24) is 9.88 Å². The summed E-state index contributed by atoms with van der Waals surface area (Å²) in [6.45, 7) is 6.58. The van der Waals surface area contributed by atoms with Gasteiger partial charge in [0.1, 0.15) is 11.5 Å². The van der Waals surface area contributed by atoms with Crippen molar-refractivity contribution in [2.24, 2.45) is 0 Å². The third kappa shape index (κ3) is 4.58. The van der Waals surface area contributed by atoms with Gasteiger partial charge >= 0.3 is 0 Å². The van der Waals surface area contributed by atoms with Gasteiger partial charge in [-0.2, -0.15) is 0 Å². The van der Waals surface area contributed by atoms with Gasteiger partial charge in [-0.1, -0.05) is 42.5 Å². The average Bonchev–Trinajstić information content (AvgIpc) is 3.27. The van der Waals surface area contributed by atoms with E-state index in [4.69, 9.17) is 9.47 Å². The summed E-state index contributed by atoms with van der Waals surface area (Å²) in [6, 6.07) is 21.7. The second-order valence-electron chi connectivity index (χ2n) is 8.13. The van der Waals surface area contributed by atoms with Gasteiger partial charge in [0.25, 0.3) is 5.91 Å². The van der Waals surface area contributed by atoms with Crippen LogP contribution in [0.2, 0.25) is 0 Å². The molecule has 0 aliphatic carbocycles. The predicted octanol–water partition coefficient (Wildman–Crippen LogP) is 5.81. The van der Waals surface area contributed by atoms with Crippen LogP contribution in [0.5, 0.6) is 11.5 Å². The lowest BCUT2D eigenvalue weighted by Crippen LogP contribution is -2.38. The molecule has 0 aliphatic heterocycles. The summed E-state index contributed by atoms with van der Waals surface area (Å²) in [5.41, 5.74) is 5.31. The van der Waals surface area contributed by atoms with Gasteiger partial charge in [0.05, 0.1) is 13.2 Å². The van der Waals surface area contributed by atoms with E-state index in [2.05, 4.69) is 11.1 Å². The monoisotopic (exact) mass is 442 g/mol. The second kappa shape index (κ2) is 9.82. The summed E-state index contributed by atoms with van der Waals surface area (Å²) in [5, 5.41) is 1.10. The molecule has 33 heavy (non-hydrogen) atoms. The third-order valence-electron chi connectivity index (χ3n) is 6.23. The minimum Gasteiger partial charge on any atom is -0.497 e. The zero-order valence-electron chi connectivity index (χ0n) is 19.6.